The van der Waals surface area contributed by atoms with E-state index in [0.717, 1.165) is 29.8 Å². The zero-order valence-electron chi connectivity index (χ0n) is 19.2. The number of pyridine rings is 1. The van der Waals surface area contributed by atoms with Crippen LogP contribution in [0.4, 0.5) is 4.39 Å². The summed E-state index contributed by atoms with van der Waals surface area (Å²) in [5.74, 6) is -0.574. The van der Waals surface area contributed by atoms with Crippen molar-refractivity contribution in [3.8, 4) is 11.1 Å². The predicted octanol–water partition coefficient (Wildman–Crippen LogP) is 3.59. The summed E-state index contributed by atoms with van der Waals surface area (Å²) in [5.41, 5.74) is 1.22. The lowest BCUT2D eigenvalue weighted by Crippen LogP contribution is -2.59. The van der Waals surface area contributed by atoms with E-state index in [1.807, 2.05) is 23.1 Å². The van der Waals surface area contributed by atoms with Crippen molar-refractivity contribution in [2.75, 3.05) is 26.2 Å². The summed E-state index contributed by atoms with van der Waals surface area (Å²) >= 11 is 0. The average Bonchev–Trinajstić information content (AvgIpc) is 3.71. The van der Waals surface area contributed by atoms with Crippen molar-refractivity contribution in [1.82, 2.24) is 14.2 Å². The fourth-order valence-corrected chi connectivity index (χ4v) is 6.62. The molecule has 0 bridgehead atoms. The standard InChI is InChI=1S/C26H26FN3O4S/c27-23-15-21(7-8-22(23)19-4-3-18-2-1-11-28-24(18)14-19)35(32,33)29-12-9-26(10-13-29)17-30(20-5-6-20)25(31)16-34-26/h1-4,7-8,11,14-15,20H,5-6,9-10,12-13,16-17H2. The van der Waals surface area contributed by atoms with E-state index in [1.165, 1.54) is 16.4 Å². The van der Waals surface area contributed by atoms with Gasteiger partial charge in [-0.15, -0.1) is 0 Å². The van der Waals surface area contributed by atoms with Crippen molar-refractivity contribution in [2.45, 2.75) is 42.2 Å². The number of fused-ring (bicyclic) bond motifs is 1. The number of morpholine rings is 1. The second-order valence-corrected chi connectivity index (χ2v) is 11.6. The van der Waals surface area contributed by atoms with Crippen LogP contribution in [0.2, 0.25) is 0 Å². The molecule has 9 heteroatoms. The Bertz CT molecular complexity index is 1420. The van der Waals surface area contributed by atoms with Gasteiger partial charge in [0.05, 0.1) is 22.6 Å². The van der Waals surface area contributed by atoms with Crippen LogP contribution in [0.3, 0.4) is 0 Å². The lowest BCUT2D eigenvalue weighted by molar-refractivity contribution is -0.170. The van der Waals surface area contributed by atoms with Crippen molar-refractivity contribution in [2.24, 2.45) is 0 Å². The van der Waals surface area contributed by atoms with Gasteiger partial charge in [-0.2, -0.15) is 4.31 Å². The fraction of sp³-hybridized carbons (Fsp3) is 0.385. The Morgan fingerprint density at radius 3 is 2.60 bits per heavy atom. The number of benzene rings is 2. The molecule has 3 aliphatic rings. The summed E-state index contributed by atoms with van der Waals surface area (Å²) in [5, 5.41) is 0.949. The van der Waals surface area contributed by atoms with Gasteiger partial charge in [-0.3, -0.25) is 9.78 Å². The minimum absolute atomic E-state index is 0.0194. The number of amides is 1. The zero-order valence-corrected chi connectivity index (χ0v) is 20.0. The highest BCUT2D eigenvalue weighted by molar-refractivity contribution is 7.89. The topological polar surface area (TPSA) is 79.8 Å². The van der Waals surface area contributed by atoms with E-state index in [2.05, 4.69) is 4.98 Å². The second-order valence-electron chi connectivity index (χ2n) is 9.68. The van der Waals surface area contributed by atoms with Gasteiger partial charge in [0.15, 0.2) is 0 Å². The SMILES string of the molecule is O=C1COC2(CCN(S(=O)(=O)c3ccc(-c4ccc5cccnc5c4)c(F)c3)CC2)CN1C1CC1. The van der Waals surface area contributed by atoms with Crippen molar-refractivity contribution in [1.29, 1.82) is 0 Å². The van der Waals surface area contributed by atoms with E-state index in [4.69, 9.17) is 4.74 Å². The summed E-state index contributed by atoms with van der Waals surface area (Å²) in [6, 6.07) is 13.6. The van der Waals surface area contributed by atoms with Crippen LogP contribution in [0, 0.1) is 5.82 Å². The van der Waals surface area contributed by atoms with Crippen molar-refractivity contribution in [3.63, 3.8) is 0 Å². The average molecular weight is 496 g/mol. The normalized spacial score (nSPS) is 21.1. The van der Waals surface area contributed by atoms with Crippen LogP contribution in [0.5, 0.6) is 0 Å². The van der Waals surface area contributed by atoms with E-state index in [9.17, 15) is 13.2 Å². The Hall–Kier alpha value is -2.88. The molecule has 2 aromatic carbocycles. The van der Waals surface area contributed by atoms with Crippen LogP contribution in [-0.4, -0.2) is 66.4 Å². The maximum atomic E-state index is 15.1. The number of ether oxygens (including phenoxy) is 1. The molecule has 1 amide bonds. The molecular formula is C26H26FN3O4S. The Morgan fingerprint density at radius 1 is 1.06 bits per heavy atom. The third-order valence-corrected chi connectivity index (χ3v) is 9.29. The van der Waals surface area contributed by atoms with Crippen LogP contribution < -0.4 is 0 Å². The summed E-state index contributed by atoms with van der Waals surface area (Å²) in [6.07, 6.45) is 4.75. The highest BCUT2D eigenvalue weighted by Gasteiger charge is 2.47. The second kappa shape index (κ2) is 8.36. The zero-order chi connectivity index (χ0) is 24.2. The number of carbonyl (C=O) groups is 1. The first-order valence-corrected chi connectivity index (χ1v) is 13.4. The van der Waals surface area contributed by atoms with E-state index < -0.39 is 21.4 Å². The molecule has 1 aromatic heterocycles. The number of piperidine rings is 1. The Balaban J connectivity index is 1.20. The van der Waals surface area contributed by atoms with Gasteiger partial charge in [0, 0.05) is 36.3 Å². The molecule has 6 rings (SSSR count). The minimum atomic E-state index is -3.86. The van der Waals surface area contributed by atoms with Gasteiger partial charge in [0.2, 0.25) is 15.9 Å². The number of rotatable bonds is 4. The van der Waals surface area contributed by atoms with Gasteiger partial charge in [-0.25, -0.2) is 12.8 Å². The van der Waals surface area contributed by atoms with Crippen LogP contribution in [0.1, 0.15) is 25.7 Å². The van der Waals surface area contributed by atoms with Gasteiger partial charge in [0.1, 0.15) is 12.4 Å². The molecule has 2 aliphatic heterocycles. The maximum Gasteiger partial charge on any atom is 0.248 e. The van der Waals surface area contributed by atoms with E-state index in [1.54, 1.807) is 18.3 Å². The largest absolute Gasteiger partial charge is 0.363 e. The van der Waals surface area contributed by atoms with Crippen molar-refractivity contribution >= 4 is 26.8 Å². The smallest absolute Gasteiger partial charge is 0.248 e. The quantitative estimate of drug-likeness (QED) is 0.553. The van der Waals surface area contributed by atoms with Crippen LogP contribution in [0.15, 0.2) is 59.6 Å². The van der Waals surface area contributed by atoms with E-state index in [0.29, 0.717) is 36.6 Å². The fourth-order valence-electron chi connectivity index (χ4n) is 5.17. The minimum Gasteiger partial charge on any atom is -0.363 e. The number of sulfonamides is 1. The highest BCUT2D eigenvalue weighted by atomic mass is 32.2. The highest BCUT2D eigenvalue weighted by Crippen LogP contribution is 2.37. The number of nitrogens with zero attached hydrogens (tertiary/aromatic N) is 3. The van der Waals surface area contributed by atoms with Crippen LogP contribution in [0.25, 0.3) is 22.0 Å². The molecule has 0 atom stereocenters. The van der Waals surface area contributed by atoms with E-state index >= 15 is 4.39 Å². The monoisotopic (exact) mass is 495 g/mol. The molecule has 35 heavy (non-hydrogen) atoms. The van der Waals surface area contributed by atoms with Gasteiger partial charge in [0.25, 0.3) is 0 Å². The molecule has 2 saturated heterocycles. The maximum absolute atomic E-state index is 15.1. The first kappa shape index (κ1) is 22.6. The lowest BCUT2D eigenvalue weighted by atomic mass is 9.90. The van der Waals surface area contributed by atoms with Crippen LogP contribution >= 0.6 is 0 Å². The molecule has 0 unspecified atom stereocenters. The molecule has 0 radical (unpaired) electrons. The molecular weight excluding hydrogens is 469 g/mol. The Morgan fingerprint density at radius 2 is 1.86 bits per heavy atom. The van der Waals surface area contributed by atoms with Crippen molar-refractivity contribution in [3.05, 3.63) is 60.5 Å². The summed E-state index contributed by atoms with van der Waals surface area (Å²) in [4.78, 5) is 18.4. The molecule has 182 valence electrons. The number of hydrogen-bond acceptors (Lipinski definition) is 5. The lowest BCUT2D eigenvalue weighted by Gasteiger charge is -2.46. The van der Waals surface area contributed by atoms with Gasteiger partial charge in [-0.1, -0.05) is 24.3 Å². The van der Waals surface area contributed by atoms with Gasteiger partial charge < -0.3 is 9.64 Å². The molecule has 3 aromatic rings. The summed E-state index contributed by atoms with van der Waals surface area (Å²) < 4.78 is 49.1. The first-order valence-electron chi connectivity index (χ1n) is 11.9. The third kappa shape index (κ3) is 4.11. The van der Waals surface area contributed by atoms with Gasteiger partial charge >= 0.3 is 0 Å². The molecule has 0 N–H and O–H groups in total. The molecule has 1 aliphatic carbocycles. The summed E-state index contributed by atoms with van der Waals surface area (Å²) in [7, 11) is -3.86. The van der Waals surface area contributed by atoms with Crippen LogP contribution in [-0.2, 0) is 19.6 Å². The molecule has 1 saturated carbocycles. The molecule has 3 heterocycles. The van der Waals surface area contributed by atoms with Crippen molar-refractivity contribution < 1.29 is 22.3 Å². The Labute approximate surface area is 203 Å². The predicted molar refractivity (Wildman–Crippen MR) is 129 cm³/mol. The molecule has 3 fully saturated rings. The Kier molecular flexibility index (Phi) is 5.39. The number of halogens is 1. The number of aromatic nitrogens is 1. The number of hydrogen-bond donors (Lipinski definition) is 0. The molecule has 1 spiro atoms. The van der Waals surface area contributed by atoms with E-state index in [-0.39, 0.29) is 30.5 Å². The first-order chi connectivity index (χ1) is 16.8. The number of carbonyl (C=O) groups excluding carboxylic acids is 1. The third-order valence-electron chi connectivity index (χ3n) is 7.40. The molecule has 7 nitrogen and oxygen atoms in total. The van der Waals surface area contributed by atoms with Gasteiger partial charge in [-0.05, 0) is 55.5 Å². The summed E-state index contributed by atoms with van der Waals surface area (Å²) in [6.45, 7) is 1.12.